The Morgan fingerprint density at radius 1 is 1.32 bits per heavy atom. The van der Waals surface area contributed by atoms with Gasteiger partial charge in [0, 0.05) is 12.2 Å². The van der Waals surface area contributed by atoms with Gasteiger partial charge in [0.2, 0.25) is 0 Å². The average Bonchev–Trinajstić information content (AvgIpc) is 2.50. The minimum atomic E-state index is -0.954. The molecule has 0 aliphatic rings. The van der Waals surface area contributed by atoms with Crippen LogP contribution in [0.1, 0.15) is 26.2 Å². The van der Waals surface area contributed by atoms with Crippen molar-refractivity contribution >= 4 is 13.0 Å². The second-order valence-electron chi connectivity index (χ2n) is 5.05. The van der Waals surface area contributed by atoms with Crippen molar-refractivity contribution in [1.29, 1.82) is 0 Å². The Hall–Kier alpha value is -1.29. The smallest absolute Gasteiger partial charge is 0.374 e. The van der Waals surface area contributed by atoms with Crippen LogP contribution >= 0.6 is 0 Å². The van der Waals surface area contributed by atoms with Crippen molar-refractivity contribution in [1.82, 2.24) is 10.5 Å². The first kappa shape index (κ1) is 20.7. The van der Waals surface area contributed by atoms with E-state index in [1.54, 1.807) is 6.92 Å². The molecule has 6 N–H and O–H groups in total. The highest BCUT2D eigenvalue weighted by atomic mass is 16.6. The van der Waals surface area contributed by atoms with Crippen LogP contribution in [0.5, 0.6) is 0 Å². The molecule has 0 radical (unpaired) electrons. The van der Waals surface area contributed by atoms with Crippen LogP contribution in [0.15, 0.2) is 12.0 Å². The maximum absolute atomic E-state index is 11.9. The topological polar surface area (TPSA) is 131 Å². The van der Waals surface area contributed by atoms with E-state index >= 15 is 0 Å². The Labute approximate surface area is 131 Å². The molecule has 0 saturated carbocycles. The molecule has 0 saturated heterocycles. The van der Waals surface area contributed by atoms with Gasteiger partial charge in [-0.3, -0.25) is 4.79 Å². The first-order valence-corrected chi connectivity index (χ1v) is 7.35. The fourth-order valence-corrected chi connectivity index (χ4v) is 1.74. The number of hydrogen-bond donors (Lipinski definition) is 6. The third-order valence-corrected chi connectivity index (χ3v) is 2.93. The van der Waals surface area contributed by atoms with Crippen LogP contribution in [0.2, 0.25) is 6.82 Å². The zero-order valence-electron chi connectivity index (χ0n) is 13.2. The van der Waals surface area contributed by atoms with Gasteiger partial charge in [0.15, 0.2) is 0 Å². The molecule has 0 aliphatic carbocycles. The molecule has 0 aromatic rings. The second kappa shape index (κ2) is 12.3. The number of aliphatic hydroxyl groups excluding tert-OH is 3. The van der Waals surface area contributed by atoms with E-state index in [-0.39, 0.29) is 0 Å². The van der Waals surface area contributed by atoms with E-state index in [0.717, 1.165) is 12.7 Å². The number of hydrogen-bond acceptors (Lipinski definition) is 8. The van der Waals surface area contributed by atoms with Crippen molar-refractivity contribution in [2.75, 3.05) is 19.8 Å². The lowest BCUT2D eigenvalue weighted by Crippen LogP contribution is -2.47. The lowest BCUT2D eigenvalue weighted by Gasteiger charge is -2.21. The van der Waals surface area contributed by atoms with Crippen LogP contribution in [0.4, 0.5) is 0 Å². The van der Waals surface area contributed by atoms with Crippen LogP contribution in [0, 0.1) is 0 Å². The average molecular weight is 318 g/mol. The summed E-state index contributed by atoms with van der Waals surface area (Å²) in [6.45, 7) is 2.96. The Morgan fingerprint density at radius 3 is 2.45 bits per heavy atom. The standard InChI is InChI=1S/C13H27BN2O6/c1-10(7-17)15-6-4-3-5-12(16-14(2)21)13(20)22-11(8-18)9-19/h7,11-12,15-19,21H,3-6,8-9H2,1-2H3/b10-7-/t12-/m0/s1. The molecular weight excluding hydrogens is 291 g/mol. The number of carbonyl (C=O) groups is 1. The van der Waals surface area contributed by atoms with E-state index < -0.39 is 38.4 Å². The predicted molar refractivity (Wildman–Crippen MR) is 83.1 cm³/mol. The maximum atomic E-state index is 11.9. The summed E-state index contributed by atoms with van der Waals surface area (Å²) < 4.78 is 4.95. The van der Waals surface area contributed by atoms with E-state index in [4.69, 9.17) is 20.1 Å². The monoisotopic (exact) mass is 318 g/mol. The van der Waals surface area contributed by atoms with Crippen molar-refractivity contribution in [3.8, 4) is 0 Å². The normalized spacial score (nSPS) is 13.1. The Morgan fingerprint density at radius 2 is 1.95 bits per heavy atom. The van der Waals surface area contributed by atoms with Crippen molar-refractivity contribution < 1.29 is 29.9 Å². The molecule has 0 rings (SSSR count). The summed E-state index contributed by atoms with van der Waals surface area (Å²) in [5.41, 5.74) is 0.659. The number of carbonyl (C=O) groups excluding carboxylic acids is 1. The summed E-state index contributed by atoms with van der Waals surface area (Å²) in [6, 6.07) is -0.713. The van der Waals surface area contributed by atoms with Crippen LogP contribution in [0.25, 0.3) is 0 Å². The molecule has 0 fully saturated rings. The molecule has 0 aromatic heterocycles. The van der Waals surface area contributed by atoms with Gasteiger partial charge in [-0.25, -0.2) is 0 Å². The van der Waals surface area contributed by atoms with E-state index in [0.29, 0.717) is 25.1 Å². The van der Waals surface area contributed by atoms with Crippen LogP contribution in [-0.4, -0.2) is 65.3 Å². The van der Waals surface area contributed by atoms with Gasteiger partial charge in [-0.15, -0.1) is 0 Å². The zero-order chi connectivity index (χ0) is 17.0. The quantitative estimate of drug-likeness (QED) is 0.118. The molecule has 0 unspecified atom stereocenters. The van der Waals surface area contributed by atoms with E-state index in [9.17, 15) is 9.82 Å². The molecular formula is C13H27BN2O6. The second-order valence-corrected chi connectivity index (χ2v) is 5.05. The molecule has 8 nitrogen and oxygen atoms in total. The van der Waals surface area contributed by atoms with Crippen LogP contribution in [0.3, 0.4) is 0 Å². The highest BCUT2D eigenvalue weighted by Crippen LogP contribution is 2.05. The Balaban J connectivity index is 4.25. The molecule has 0 amide bonds. The number of esters is 1. The van der Waals surface area contributed by atoms with Gasteiger partial charge < -0.3 is 35.6 Å². The molecule has 0 heterocycles. The molecule has 128 valence electrons. The first-order chi connectivity index (χ1) is 10.4. The summed E-state index contributed by atoms with van der Waals surface area (Å²) in [5.74, 6) is -0.617. The molecule has 0 aromatic carbocycles. The third-order valence-electron chi connectivity index (χ3n) is 2.93. The summed E-state index contributed by atoms with van der Waals surface area (Å²) in [4.78, 5) is 11.9. The Kier molecular flexibility index (Phi) is 11.6. The minimum Gasteiger partial charge on any atom is -0.514 e. The van der Waals surface area contributed by atoms with Crippen molar-refractivity contribution in [2.45, 2.75) is 45.2 Å². The van der Waals surface area contributed by atoms with Gasteiger partial charge in [-0.2, -0.15) is 0 Å². The zero-order valence-corrected chi connectivity index (χ0v) is 13.2. The van der Waals surface area contributed by atoms with Gasteiger partial charge >= 0.3 is 13.0 Å². The number of rotatable bonds is 12. The highest BCUT2D eigenvalue weighted by Gasteiger charge is 2.24. The summed E-state index contributed by atoms with van der Waals surface area (Å²) in [6.07, 6.45) is 1.93. The Bertz CT molecular complexity index is 336. The van der Waals surface area contributed by atoms with Crippen LogP contribution < -0.4 is 10.5 Å². The van der Waals surface area contributed by atoms with Gasteiger partial charge in [0.05, 0.1) is 25.5 Å². The van der Waals surface area contributed by atoms with E-state index in [1.165, 1.54) is 6.82 Å². The van der Waals surface area contributed by atoms with Crippen molar-refractivity contribution in [3.63, 3.8) is 0 Å². The maximum Gasteiger partial charge on any atom is 0.374 e. The van der Waals surface area contributed by atoms with Gasteiger partial charge in [-0.05, 0) is 33.0 Å². The highest BCUT2D eigenvalue weighted by molar-refractivity contribution is 6.46. The molecule has 0 spiro atoms. The first-order valence-electron chi connectivity index (χ1n) is 7.35. The van der Waals surface area contributed by atoms with Gasteiger partial charge in [-0.1, -0.05) is 0 Å². The largest absolute Gasteiger partial charge is 0.514 e. The SMILES string of the molecule is CB(O)N[C@@H](CCCCN/C(C)=C\O)C(=O)OC(CO)CO. The minimum absolute atomic E-state index is 0.441. The molecule has 1 atom stereocenters. The van der Waals surface area contributed by atoms with Crippen molar-refractivity contribution in [2.24, 2.45) is 0 Å². The fourth-order valence-electron chi connectivity index (χ4n) is 1.74. The number of aliphatic hydroxyl groups is 3. The van der Waals surface area contributed by atoms with E-state index in [1.807, 2.05) is 0 Å². The molecule has 9 heteroatoms. The van der Waals surface area contributed by atoms with E-state index in [2.05, 4.69) is 10.5 Å². The predicted octanol–water partition coefficient (Wildman–Crippen LogP) is -0.869. The van der Waals surface area contributed by atoms with Gasteiger partial charge in [0.25, 0.3) is 0 Å². The van der Waals surface area contributed by atoms with Crippen LogP contribution in [-0.2, 0) is 9.53 Å². The lowest BCUT2D eigenvalue weighted by atomic mass is 9.86. The molecule has 0 bridgehead atoms. The van der Waals surface area contributed by atoms with Crippen molar-refractivity contribution in [3.05, 3.63) is 12.0 Å². The third kappa shape index (κ3) is 9.61. The fraction of sp³-hybridized carbons (Fsp3) is 0.769. The summed E-state index contributed by atoms with van der Waals surface area (Å²) >= 11 is 0. The lowest BCUT2D eigenvalue weighted by molar-refractivity contribution is -0.155. The number of ether oxygens (including phenoxy) is 1. The van der Waals surface area contributed by atoms with Gasteiger partial charge in [0.1, 0.15) is 6.10 Å². The number of allylic oxidation sites excluding steroid dienone is 1. The summed E-state index contributed by atoms with van der Waals surface area (Å²) in [5, 5.41) is 41.6. The number of unbranched alkanes of at least 4 members (excludes halogenated alkanes) is 1. The molecule has 0 aliphatic heterocycles. The summed E-state index contributed by atoms with van der Waals surface area (Å²) in [7, 11) is -0.878. The molecule has 22 heavy (non-hydrogen) atoms. The number of nitrogens with one attached hydrogen (secondary N) is 2.